The lowest BCUT2D eigenvalue weighted by Gasteiger charge is -2.26. The topological polar surface area (TPSA) is 0 Å². The highest BCUT2D eigenvalue weighted by Crippen LogP contribution is 2.34. The Morgan fingerprint density at radius 1 is 1.46 bits per heavy atom. The van der Waals surface area contributed by atoms with E-state index in [-0.39, 0.29) is 0 Å². The van der Waals surface area contributed by atoms with Gasteiger partial charge in [0.2, 0.25) is 0 Å². The molecule has 74 valence electrons. The summed E-state index contributed by atoms with van der Waals surface area (Å²) in [5, 5.41) is 0. The second-order valence-corrected chi connectivity index (χ2v) is 4.43. The molecular weight excluding hydrogens is 156 g/mol. The summed E-state index contributed by atoms with van der Waals surface area (Å²) in [6, 6.07) is 0. The lowest BCUT2D eigenvalue weighted by atomic mass is 9.79. The molecule has 0 nitrogen and oxygen atoms in total. The Bertz CT molecular complexity index is 243. The summed E-state index contributed by atoms with van der Waals surface area (Å²) in [5.41, 5.74) is 4.76. The second kappa shape index (κ2) is 4.13. The van der Waals surface area contributed by atoms with Gasteiger partial charge in [0.05, 0.1) is 0 Å². The highest BCUT2D eigenvalue weighted by atomic mass is 14.2. The molecule has 0 saturated heterocycles. The van der Waals surface area contributed by atoms with Crippen molar-refractivity contribution in [2.24, 2.45) is 11.8 Å². The van der Waals surface area contributed by atoms with E-state index >= 15 is 0 Å². The second-order valence-electron chi connectivity index (χ2n) is 4.43. The molecule has 0 bridgehead atoms. The van der Waals surface area contributed by atoms with E-state index in [4.69, 9.17) is 0 Å². The molecule has 1 aliphatic rings. The van der Waals surface area contributed by atoms with Gasteiger partial charge in [0.15, 0.2) is 0 Å². The van der Waals surface area contributed by atoms with Crippen molar-refractivity contribution in [2.75, 3.05) is 0 Å². The normalized spacial score (nSPS) is 25.9. The van der Waals surface area contributed by atoms with E-state index < -0.39 is 0 Å². The quantitative estimate of drug-likeness (QED) is 0.590. The van der Waals surface area contributed by atoms with Gasteiger partial charge in [0.1, 0.15) is 0 Å². The highest BCUT2D eigenvalue weighted by Gasteiger charge is 2.19. The monoisotopic (exact) mass is 178 g/mol. The Morgan fingerprint density at radius 3 is 2.62 bits per heavy atom. The van der Waals surface area contributed by atoms with Crippen LogP contribution in [0.4, 0.5) is 0 Å². The van der Waals surface area contributed by atoms with Crippen molar-refractivity contribution >= 4 is 0 Å². The van der Waals surface area contributed by atoms with Crippen LogP contribution in [0.5, 0.6) is 0 Å². The van der Waals surface area contributed by atoms with Crippen LogP contribution >= 0.6 is 0 Å². The smallest absolute Gasteiger partial charge is 0.0191 e. The Balaban J connectivity index is 3.00. The van der Waals surface area contributed by atoms with Gasteiger partial charge in [-0.3, -0.25) is 0 Å². The first kappa shape index (κ1) is 10.6. The van der Waals surface area contributed by atoms with E-state index in [0.29, 0.717) is 0 Å². The van der Waals surface area contributed by atoms with Crippen LogP contribution in [0.1, 0.15) is 47.5 Å². The van der Waals surface area contributed by atoms with E-state index in [1.807, 2.05) is 0 Å². The first-order chi connectivity index (χ1) is 6.07. The van der Waals surface area contributed by atoms with Crippen molar-refractivity contribution in [1.29, 1.82) is 0 Å². The van der Waals surface area contributed by atoms with Crippen LogP contribution in [0.2, 0.25) is 0 Å². The van der Waals surface area contributed by atoms with Crippen molar-refractivity contribution in [2.45, 2.75) is 47.5 Å². The fourth-order valence-corrected chi connectivity index (χ4v) is 2.20. The molecule has 0 aromatic rings. The van der Waals surface area contributed by atoms with Crippen LogP contribution in [-0.4, -0.2) is 0 Å². The van der Waals surface area contributed by atoms with Crippen LogP contribution in [0.25, 0.3) is 0 Å². The minimum atomic E-state index is 0.735. The maximum atomic E-state index is 2.40. The lowest BCUT2D eigenvalue weighted by molar-refractivity contribution is 0.597. The number of hydrogen-bond acceptors (Lipinski definition) is 0. The highest BCUT2D eigenvalue weighted by molar-refractivity contribution is 5.39. The van der Waals surface area contributed by atoms with E-state index in [2.05, 4.69) is 40.7 Å². The van der Waals surface area contributed by atoms with Crippen LogP contribution in [0.3, 0.4) is 0 Å². The molecule has 13 heavy (non-hydrogen) atoms. The van der Waals surface area contributed by atoms with Crippen molar-refractivity contribution in [3.63, 3.8) is 0 Å². The third kappa shape index (κ3) is 2.04. The molecule has 0 spiro atoms. The zero-order valence-electron chi connectivity index (χ0n) is 9.65. The average Bonchev–Trinajstić information content (AvgIpc) is 2.12. The van der Waals surface area contributed by atoms with E-state index in [1.54, 1.807) is 11.1 Å². The summed E-state index contributed by atoms with van der Waals surface area (Å²) in [5.74, 6) is 1.49. The summed E-state index contributed by atoms with van der Waals surface area (Å²) < 4.78 is 0. The van der Waals surface area contributed by atoms with Gasteiger partial charge in [-0.05, 0) is 44.1 Å². The third-order valence-corrected chi connectivity index (χ3v) is 3.47. The Labute approximate surface area is 82.7 Å². The van der Waals surface area contributed by atoms with Gasteiger partial charge in [-0.1, -0.05) is 38.0 Å². The van der Waals surface area contributed by atoms with Crippen LogP contribution in [0.15, 0.2) is 22.8 Å². The number of hydrogen-bond donors (Lipinski definition) is 0. The molecule has 0 saturated carbocycles. The van der Waals surface area contributed by atoms with Gasteiger partial charge in [0.25, 0.3) is 0 Å². The first-order valence-electron chi connectivity index (χ1n) is 5.45. The lowest BCUT2D eigenvalue weighted by Crippen LogP contribution is -2.11. The first-order valence-corrected chi connectivity index (χ1v) is 5.45. The van der Waals surface area contributed by atoms with Crippen LogP contribution in [0, 0.1) is 11.8 Å². The summed E-state index contributed by atoms with van der Waals surface area (Å²) in [4.78, 5) is 0. The molecule has 0 amide bonds. The number of allylic oxidation sites excluding steroid dienone is 4. The van der Waals surface area contributed by atoms with Gasteiger partial charge in [-0.25, -0.2) is 0 Å². The summed E-state index contributed by atoms with van der Waals surface area (Å²) in [7, 11) is 0. The molecule has 2 unspecified atom stereocenters. The molecule has 0 radical (unpaired) electrons. The molecule has 0 heteroatoms. The number of rotatable bonds is 2. The van der Waals surface area contributed by atoms with Crippen molar-refractivity contribution in [3.8, 4) is 0 Å². The van der Waals surface area contributed by atoms with Gasteiger partial charge >= 0.3 is 0 Å². The molecule has 0 aliphatic heterocycles. The molecule has 0 heterocycles. The fourth-order valence-electron chi connectivity index (χ4n) is 2.20. The van der Waals surface area contributed by atoms with Gasteiger partial charge < -0.3 is 0 Å². The van der Waals surface area contributed by atoms with E-state index in [9.17, 15) is 0 Å². The SMILES string of the molecule is CCC(C)C1=C(C)C(C)CC=C1C. The fraction of sp³-hybridized carbons (Fsp3) is 0.692. The maximum absolute atomic E-state index is 2.40. The third-order valence-electron chi connectivity index (χ3n) is 3.47. The summed E-state index contributed by atoms with van der Waals surface area (Å²) in [6.07, 6.45) is 4.89. The average molecular weight is 178 g/mol. The molecule has 0 aromatic carbocycles. The van der Waals surface area contributed by atoms with Crippen molar-refractivity contribution in [3.05, 3.63) is 22.8 Å². The Kier molecular flexibility index (Phi) is 3.35. The zero-order chi connectivity index (χ0) is 10.0. The Hall–Kier alpha value is -0.520. The van der Waals surface area contributed by atoms with E-state index in [0.717, 1.165) is 11.8 Å². The Morgan fingerprint density at radius 2 is 2.08 bits per heavy atom. The largest absolute Gasteiger partial charge is 0.0807 e. The van der Waals surface area contributed by atoms with Crippen LogP contribution < -0.4 is 0 Å². The molecule has 2 atom stereocenters. The molecule has 0 aromatic heterocycles. The van der Waals surface area contributed by atoms with Gasteiger partial charge in [-0.2, -0.15) is 0 Å². The minimum absolute atomic E-state index is 0.735. The maximum Gasteiger partial charge on any atom is -0.0191 e. The van der Waals surface area contributed by atoms with Gasteiger partial charge in [0, 0.05) is 0 Å². The van der Waals surface area contributed by atoms with E-state index in [1.165, 1.54) is 18.4 Å². The molecule has 1 rings (SSSR count). The predicted octanol–water partition coefficient (Wildman–Crippen LogP) is 4.34. The van der Waals surface area contributed by atoms with Gasteiger partial charge in [-0.15, -0.1) is 0 Å². The zero-order valence-corrected chi connectivity index (χ0v) is 9.65. The summed E-state index contributed by atoms with van der Waals surface area (Å²) >= 11 is 0. The van der Waals surface area contributed by atoms with Crippen molar-refractivity contribution in [1.82, 2.24) is 0 Å². The molecule has 0 N–H and O–H groups in total. The molecule has 1 aliphatic carbocycles. The molecule has 0 fully saturated rings. The molecular formula is C13H22. The standard InChI is InChI=1S/C13H22/c1-6-9(2)13-11(4)8-7-10(3)12(13)5/h8-10H,6-7H2,1-5H3. The predicted molar refractivity (Wildman–Crippen MR) is 59.7 cm³/mol. The van der Waals surface area contributed by atoms with Crippen LogP contribution in [-0.2, 0) is 0 Å². The minimum Gasteiger partial charge on any atom is -0.0807 e. The summed E-state index contributed by atoms with van der Waals surface area (Å²) in [6.45, 7) is 11.5. The van der Waals surface area contributed by atoms with Crippen molar-refractivity contribution < 1.29 is 0 Å².